The lowest BCUT2D eigenvalue weighted by atomic mass is 10.0. The summed E-state index contributed by atoms with van der Waals surface area (Å²) in [6, 6.07) is 11.3. The maximum absolute atomic E-state index is 8.97. The van der Waals surface area contributed by atoms with E-state index in [0.717, 1.165) is 30.0 Å². The van der Waals surface area contributed by atoms with Crippen LogP contribution in [0.5, 0.6) is 0 Å². The summed E-state index contributed by atoms with van der Waals surface area (Å²) in [5.41, 5.74) is 2.86. The Bertz CT molecular complexity index is 735. The van der Waals surface area contributed by atoms with Crippen LogP contribution in [0.3, 0.4) is 0 Å². The van der Waals surface area contributed by atoms with Crippen LogP contribution in [0.1, 0.15) is 31.2 Å². The molecular weight excluding hydrogens is 284 g/mol. The average molecular weight is 306 g/mol. The fourth-order valence-corrected chi connectivity index (χ4v) is 3.96. The second-order valence-electron chi connectivity index (χ2n) is 6.67. The topological polar surface area (TPSA) is 43.2 Å². The lowest BCUT2D eigenvalue weighted by Gasteiger charge is -2.37. The second-order valence-corrected chi connectivity index (χ2v) is 6.67. The molecule has 0 unspecified atom stereocenters. The van der Waals surface area contributed by atoms with Gasteiger partial charge in [-0.25, -0.2) is 0 Å². The minimum absolute atomic E-state index is 0.622. The van der Waals surface area contributed by atoms with Crippen LogP contribution in [0.4, 0.5) is 5.69 Å². The molecule has 4 heteroatoms. The molecular formula is C19H22N4. The molecule has 2 saturated heterocycles. The number of aromatic nitrogens is 1. The van der Waals surface area contributed by atoms with Crippen molar-refractivity contribution in [3.8, 4) is 6.07 Å². The largest absolute Gasteiger partial charge is 0.371 e. The smallest absolute Gasteiger partial charge is 0.101 e. The molecule has 0 saturated carbocycles. The molecule has 2 aromatic rings. The molecule has 4 rings (SSSR count). The third-order valence-electron chi connectivity index (χ3n) is 5.28. The molecule has 0 radical (unpaired) electrons. The molecule has 0 atom stereocenters. The first-order chi connectivity index (χ1) is 11.3. The normalized spacial score (nSPS) is 20.0. The zero-order valence-corrected chi connectivity index (χ0v) is 13.4. The SMILES string of the molecule is N#Cc1cnc2cc(N3CCC(N4CCCC4)CC3)ccc2c1. The van der Waals surface area contributed by atoms with Crippen molar-refractivity contribution in [3.63, 3.8) is 0 Å². The van der Waals surface area contributed by atoms with Gasteiger partial charge in [0.05, 0.1) is 11.1 Å². The minimum Gasteiger partial charge on any atom is -0.371 e. The lowest BCUT2D eigenvalue weighted by molar-refractivity contribution is 0.208. The number of anilines is 1. The predicted octanol–water partition coefficient (Wildman–Crippen LogP) is 3.17. The quantitative estimate of drug-likeness (QED) is 0.855. The summed E-state index contributed by atoms with van der Waals surface area (Å²) in [5.74, 6) is 0. The molecule has 1 aromatic carbocycles. The molecule has 1 aromatic heterocycles. The van der Waals surface area contributed by atoms with Gasteiger partial charge in [-0.1, -0.05) is 6.07 Å². The van der Waals surface area contributed by atoms with Crippen molar-refractivity contribution in [2.75, 3.05) is 31.1 Å². The Labute approximate surface area is 137 Å². The van der Waals surface area contributed by atoms with Crippen LogP contribution < -0.4 is 4.90 Å². The number of piperidine rings is 1. The van der Waals surface area contributed by atoms with E-state index in [1.807, 2.05) is 6.07 Å². The van der Waals surface area contributed by atoms with Crippen molar-refractivity contribution in [2.45, 2.75) is 31.7 Å². The van der Waals surface area contributed by atoms with Crippen LogP contribution in [0.25, 0.3) is 10.9 Å². The summed E-state index contributed by atoms with van der Waals surface area (Å²) in [6.07, 6.45) is 6.94. The molecule has 2 aliphatic rings. The first kappa shape index (κ1) is 14.5. The van der Waals surface area contributed by atoms with Crippen molar-refractivity contribution in [1.29, 1.82) is 5.26 Å². The first-order valence-corrected chi connectivity index (χ1v) is 8.62. The molecule has 0 spiro atoms. The van der Waals surface area contributed by atoms with E-state index in [1.54, 1.807) is 6.20 Å². The van der Waals surface area contributed by atoms with Crippen molar-refractivity contribution in [1.82, 2.24) is 9.88 Å². The standard InChI is InChI=1S/C19H22N4/c20-13-15-11-16-3-4-18(12-19(16)21-14-15)23-9-5-17(6-10-23)22-7-1-2-8-22/h3-4,11-12,14,17H,1-2,5-10H2. The third kappa shape index (κ3) is 2.89. The number of benzene rings is 1. The molecule has 23 heavy (non-hydrogen) atoms. The zero-order chi connectivity index (χ0) is 15.6. The van der Waals surface area contributed by atoms with Gasteiger partial charge in [0.2, 0.25) is 0 Å². The van der Waals surface area contributed by atoms with Gasteiger partial charge in [-0.2, -0.15) is 5.26 Å². The number of hydrogen-bond acceptors (Lipinski definition) is 4. The van der Waals surface area contributed by atoms with Gasteiger partial charge >= 0.3 is 0 Å². The average Bonchev–Trinajstić information content (AvgIpc) is 3.15. The molecule has 0 amide bonds. The van der Waals surface area contributed by atoms with E-state index >= 15 is 0 Å². The van der Waals surface area contributed by atoms with E-state index in [4.69, 9.17) is 5.26 Å². The lowest BCUT2D eigenvalue weighted by Crippen LogP contribution is -2.43. The number of likely N-dealkylation sites (tertiary alicyclic amines) is 1. The van der Waals surface area contributed by atoms with Gasteiger partial charge in [-0.15, -0.1) is 0 Å². The van der Waals surface area contributed by atoms with E-state index in [0.29, 0.717) is 5.56 Å². The van der Waals surface area contributed by atoms with Gasteiger partial charge in [0.25, 0.3) is 0 Å². The highest BCUT2D eigenvalue weighted by Gasteiger charge is 2.26. The van der Waals surface area contributed by atoms with E-state index in [1.165, 1.54) is 44.5 Å². The van der Waals surface area contributed by atoms with Gasteiger partial charge < -0.3 is 9.80 Å². The summed E-state index contributed by atoms with van der Waals surface area (Å²) in [6.45, 7) is 4.85. The number of nitriles is 1. The Morgan fingerprint density at radius 3 is 2.57 bits per heavy atom. The monoisotopic (exact) mass is 306 g/mol. The molecule has 0 bridgehead atoms. The van der Waals surface area contributed by atoms with Crippen LogP contribution in [0.15, 0.2) is 30.5 Å². The number of hydrogen-bond donors (Lipinski definition) is 0. The van der Waals surface area contributed by atoms with Crippen molar-refractivity contribution >= 4 is 16.6 Å². The fraction of sp³-hybridized carbons (Fsp3) is 0.474. The van der Waals surface area contributed by atoms with Crippen molar-refractivity contribution < 1.29 is 0 Å². The van der Waals surface area contributed by atoms with Gasteiger partial charge in [0, 0.05) is 36.4 Å². The van der Waals surface area contributed by atoms with E-state index < -0.39 is 0 Å². The van der Waals surface area contributed by atoms with Gasteiger partial charge in [-0.3, -0.25) is 4.98 Å². The van der Waals surface area contributed by atoms with Crippen molar-refractivity contribution in [2.24, 2.45) is 0 Å². The van der Waals surface area contributed by atoms with Gasteiger partial charge in [0.1, 0.15) is 6.07 Å². The summed E-state index contributed by atoms with van der Waals surface area (Å²) >= 11 is 0. The molecule has 2 aliphatic heterocycles. The first-order valence-electron chi connectivity index (χ1n) is 8.62. The van der Waals surface area contributed by atoms with Crippen LogP contribution in [-0.4, -0.2) is 42.1 Å². The Balaban J connectivity index is 1.48. The number of nitrogens with zero attached hydrogens (tertiary/aromatic N) is 4. The number of rotatable bonds is 2. The van der Waals surface area contributed by atoms with Crippen LogP contribution in [-0.2, 0) is 0 Å². The van der Waals surface area contributed by atoms with Gasteiger partial charge in [0.15, 0.2) is 0 Å². The zero-order valence-electron chi connectivity index (χ0n) is 13.4. The van der Waals surface area contributed by atoms with Crippen LogP contribution >= 0.6 is 0 Å². The Morgan fingerprint density at radius 2 is 1.83 bits per heavy atom. The number of fused-ring (bicyclic) bond motifs is 1. The van der Waals surface area contributed by atoms with E-state index in [9.17, 15) is 0 Å². The Morgan fingerprint density at radius 1 is 1.04 bits per heavy atom. The highest BCUT2D eigenvalue weighted by Crippen LogP contribution is 2.27. The summed E-state index contributed by atoms with van der Waals surface area (Å²) in [7, 11) is 0. The van der Waals surface area contributed by atoms with Crippen LogP contribution in [0.2, 0.25) is 0 Å². The summed E-state index contributed by atoms with van der Waals surface area (Å²) < 4.78 is 0. The van der Waals surface area contributed by atoms with E-state index in [2.05, 4.69) is 39.1 Å². The number of pyridine rings is 1. The highest BCUT2D eigenvalue weighted by molar-refractivity contribution is 5.83. The maximum Gasteiger partial charge on any atom is 0.101 e. The molecule has 4 nitrogen and oxygen atoms in total. The fourth-order valence-electron chi connectivity index (χ4n) is 3.96. The summed E-state index contributed by atoms with van der Waals surface area (Å²) in [5, 5.41) is 10.0. The minimum atomic E-state index is 0.622. The van der Waals surface area contributed by atoms with E-state index in [-0.39, 0.29) is 0 Å². The second kappa shape index (κ2) is 6.17. The summed E-state index contributed by atoms with van der Waals surface area (Å²) in [4.78, 5) is 9.59. The van der Waals surface area contributed by atoms with Crippen LogP contribution in [0, 0.1) is 11.3 Å². The van der Waals surface area contributed by atoms with Gasteiger partial charge in [-0.05, 0) is 57.0 Å². The molecule has 0 N–H and O–H groups in total. The predicted molar refractivity (Wildman–Crippen MR) is 92.5 cm³/mol. The highest BCUT2D eigenvalue weighted by atomic mass is 15.2. The molecule has 0 aliphatic carbocycles. The molecule has 2 fully saturated rings. The Kier molecular flexibility index (Phi) is 3.88. The molecule has 3 heterocycles. The Hall–Kier alpha value is -2.12. The third-order valence-corrected chi connectivity index (χ3v) is 5.28. The maximum atomic E-state index is 8.97. The van der Waals surface area contributed by atoms with Crippen molar-refractivity contribution in [3.05, 3.63) is 36.0 Å². The molecule has 118 valence electrons.